The molecule has 1 aliphatic rings. The van der Waals surface area contributed by atoms with Crippen LogP contribution in [0.3, 0.4) is 0 Å². The second-order valence-corrected chi connectivity index (χ2v) is 5.75. The summed E-state index contributed by atoms with van der Waals surface area (Å²) in [6, 6.07) is 4.15. The number of carbonyl (C=O) groups is 1. The summed E-state index contributed by atoms with van der Waals surface area (Å²) in [4.78, 5) is 12.5. The lowest BCUT2D eigenvalue weighted by Gasteiger charge is -2.31. The normalized spacial score (nSPS) is 22.8. The van der Waals surface area contributed by atoms with Gasteiger partial charge < -0.3 is 10.6 Å². The Bertz CT molecular complexity index is 484. The quantitative estimate of drug-likeness (QED) is 0.896. The fourth-order valence-electron chi connectivity index (χ4n) is 2.50. The van der Waals surface area contributed by atoms with Crippen molar-refractivity contribution in [2.45, 2.75) is 20.3 Å². The Kier molecular flexibility index (Phi) is 4.11. The summed E-state index contributed by atoms with van der Waals surface area (Å²) in [6.45, 7) is 5.46. The van der Waals surface area contributed by atoms with Crippen molar-refractivity contribution in [1.82, 2.24) is 5.32 Å². The highest BCUT2D eigenvalue weighted by atomic mass is 35.5. The largest absolute Gasteiger partial charge is 0.323 e. The predicted octanol–water partition coefficient (Wildman–Crippen LogP) is 3.05. The molecule has 0 spiro atoms. The van der Waals surface area contributed by atoms with Crippen molar-refractivity contribution in [3.63, 3.8) is 0 Å². The smallest absolute Gasteiger partial charge is 0.232 e. The maximum atomic E-state index is 13.7. The Hall–Kier alpha value is -1.13. The lowest BCUT2D eigenvalue weighted by molar-refractivity contribution is -0.126. The second-order valence-electron chi connectivity index (χ2n) is 5.32. The standard InChI is InChI=1S/C14H18ClFN2O/c1-9(2)14(5-6-17-8-14)13(19)18-12-7-10(15)3-4-11(12)16/h3-4,7,9,17H,5-6,8H2,1-2H3,(H,18,19). The van der Waals surface area contributed by atoms with Crippen LogP contribution in [0.15, 0.2) is 18.2 Å². The molecular formula is C14H18ClFN2O. The molecule has 0 radical (unpaired) electrons. The van der Waals surface area contributed by atoms with E-state index in [1.807, 2.05) is 13.8 Å². The highest BCUT2D eigenvalue weighted by Gasteiger charge is 2.44. The molecule has 1 amide bonds. The van der Waals surface area contributed by atoms with Crippen molar-refractivity contribution >= 4 is 23.2 Å². The van der Waals surface area contributed by atoms with Crippen LogP contribution < -0.4 is 10.6 Å². The van der Waals surface area contributed by atoms with Gasteiger partial charge in [0.05, 0.1) is 11.1 Å². The van der Waals surface area contributed by atoms with Crippen LogP contribution >= 0.6 is 11.6 Å². The molecule has 2 rings (SSSR count). The summed E-state index contributed by atoms with van der Waals surface area (Å²) in [6.07, 6.45) is 0.763. The van der Waals surface area contributed by atoms with Crippen LogP contribution in [0.5, 0.6) is 0 Å². The Morgan fingerprint density at radius 2 is 2.26 bits per heavy atom. The van der Waals surface area contributed by atoms with Gasteiger partial charge in [0.2, 0.25) is 5.91 Å². The van der Waals surface area contributed by atoms with E-state index in [1.54, 1.807) is 0 Å². The minimum Gasteiger partial charge on any atom is -0.323 e. The molecule has 1 aliphatic heterocycles. The van der Waals surface area contributed by atoms with Crippen LogP contribution in [0.1, 0.15) is 20.3 Å². The molecule has 5 heteroatoms. The highest BCUT2D eigenvalue weighted by molar-refractivity contribution is 6.30. The molecule has 3 nitrogen and oxygen atoms in total. The van der Waals surface area contributed by atoms with Crippen molar-refractivity contribution in [1.29, 1.82) is 0 Å². The first-order valence-corrected chi connectivity index (χ1v) is 6.81. The van der Waals surface area contributed by atoms with Crippen LogP contribution in [0.4, 0.5) is 10.1 Å². The van der Waals surface area contributed by atoms with Gasteiger partial charge in [0.25, 0.3) is 0 Å². The van der Waals surface area contributed by atoms with Crippen LogP contribution in [-0.4, -0.2) is 19.0 Å². The van der Waals surface area contributed by atoms with E-state index in [0.29, 0.717) is 11.6 Å². The molecule has 0 aromatic heterocycles. The summed E-state index contributed by atoms with van der Waals surface area (Å²) in [5, 5.41) is 6.29. The summed E-state index contributed by atoms with van der Waals surface area (Å²) in [5.74, 6) is -0.430. The van der Waals surface area contributed by atoms with Crippen molar-refractivity contribution in [3.05, 3.63) is 29.0 Å². The van der Waals surface area contributed by atoms with E-state index in [1.165, 1.54) is 18.2 Å². The third kappa shape index (κ3) is 2.74. The Morgan fingerprint density at radius 1 is 1.53 bits per heavy atom. The number of carbonyl (C=O) groups excluding carboxylic acids is 1. The first kappa shape index (κ1) is 14.3. The molecule has 0 aliphatic carbocycles. The Morgan fingerprint density at radius 3 is 2.84 bits per heavy atom. The SMILES string of the molecule is CC(C)C1(C(=O)Nc2cc(Cl)ccc2F)CCNC1. The molecule has 104 valence electrons. The molecule has 1 atom stereocenters. The molecule has 2 N–H and O–H groups in total. The van der Waals surface area contributed by atoms with E-state index in [0.717, 1.165) is 13.0 Å². The van der Waals surface area contributed by atoms with Crippen molar-refractivity contribution in [3.8, 4) is 0 Å². The molecule has 0 bridgehead atoms. The topological polar surface area (TPSA) is 41.1 Å². The van der Waals surface area contributed by atoms with E-state index in [-0.39, 0.29) is 17.5 Å². The maximum Gasteiger partial charge on any atom is 0.232 e. The molecule has 1 heterocycles. The van der Waals surface area contributed by atoms with Gasteiger partial charge >= 0.3 is 0 Å². The third-order valence-electron chi connectivity index (χ3n) is 3.92. The molecule has 1 saturated heterocycles. The Labute approximate surface area is 117 Å². The summed E-state index contributed by atoms with van der Waals surface area (Å²) in [5.41, 5.74) is -0.334. The lowest BCUT2D eigenvalue weighted by atomic mass is 9.75. The van der Waals surface area contributed by atoms with E-state index in [2.05, 4.69) is 10.6 Å². The van der Waals surface area contributed by atoms with Gasteiger partial charge in [0.15, 0.2) is 0 Å². The van der Waals surface area contributed by atoms with Crippen molar-refractivity contribution < 1.29 is 9.18 Å². The predicted molar refractivity (Wildman–Crippen MR) is 74.8 cm³/mol. The van der Waals surface area contributed by atoms with Gasteiger partial charge in [-0.25, -0.2) is 4.39 Å². The van der Waals surface area contributed by atoms with E-state index >= 15 is 0 Å². The van der Waals surface area contributed by atoms with Crippen LogP contribution in [0.2, 0.25) is 5.02 Å². The average Bonchev–Trinajstić information content (AvgIpc) is 2.84. The van der Waals surface area contributed by atoms with Crippen molar-refractivity contribution in [2.24, 2.45) is 11.3 Å². The molecule has 1 unspecified atom stereocenters. The highest BCUT2D eigenvalue weighted by Crippen LogP contribution is 2.35. The van der Waals surface area contributed by atoms with Gasteiger partial charge in [-0.2, -0.15) is 0 Å². The minimum atomic E-state index is -0.477. The van der Waals surface area contributed by atoms with Gasteiger partial charge in [0.1, 0.15) is 5.82 Å². The van der Waals surface area contributed by atoms with Crippen molar-refractivity contribution in [2.75, 3.05) is 18.4 Å². The van der Waals surface area contributed by atoms with E-state index in [4.69, 9.17) is 11.6 Å². The number of hydrogen-bond donors (Lipinski definition) is 2. The van der Waals surface area contributed by atoms with Gasteiger partial charge in [-0.15, -0.1) is 0 Å². The maximum absolute atomic E-state index is 13.7. The van der Waals surface area contributed by atoms with Gasteiger partial charge in [-0.3, -0.25) is 4.79 Å². The van der Waals surface area contributed by atoms with E-state index < -0.39 is 11.2 Å². The molecular weight excluding hydrogens is 267 g/mol. The zero-order valence-electron chi connectivity index (χ0n) is 11.1. The zero-order valence-corrected chi connectivity index (χ0v) is 11.9. The Balaban J connectivity index is 2.22. The molecule has 19 heavy (non-hydrogen) atoms. The fraction of sp³-hybridized carbons (Fsp3) is 0.500. The molecule has 1 fully saturated rings. The van der Waals surface area contributed by atoms with Crippen LogP contribution in [-0.2, 0) is 4.79 Å². The number of rotatable bonds is 3. The number of nitrogens with one attached hydrogen (secondary N) is 2. The zero-order chi connectivity index (χ0) is 14.0. The third-order valence-corrected chi connectivity index (χ3v) is 4.16. The number of amides is 1. The first-order chi connectivity index (χ1) is 8.95. The first-order valence-electron chi connectivity index (χ1n) is 6.43. The average molecular weight is 285 g/mol. The van der Waals surface area contributed by atoms with Gasteiger partial charge in [0, 0.05) is 11.6 Å². The number of anilines is 1. The summed E-state index contributed by atoms with van der Waals surface area (Å²) >= 11 is 5.83. The molecule has 0 saturated carbocycles. The molecule has 1 aromatic carbocycles. The summed E-state index contributed by atoms with van der Waals surface area (Å²) in [7, 11) is 0. The number of halogens is 2. The van der Waals surface area contributed by atoms with Crippen LogP contribution in [0, 0.1) is 17.2 Å². The lowest BCUT2D eigenvalue weighted by Crippen LogP contribution is -2.42. The number of hydrogen-bond acceptors (Lipinski definition) is 2. The second kappa shape index (κ2) is 5.47. The van der Waals surface area contributed by atoms with Gasteiger partial charge in [-0.1, -0.05) is 25.4 Å². The fourth-order valence-corrected chi connectivity index (χ4v) is 2.67. The monoisotopic (exact) mass is 284 g/mol. The minimum absolute atomic E-state index is 0.143. The van der Waals surface area contributed by atoms with Crippen LogP contribution in [0.25, 0.3) is 0 Å². The van der Waals surface area contributed by atoms with E-state index in [9.17, 15) is 9.18 Å². The number of benzene rings is 1. The summed E-state index contributed by atoms with van der Waals surface area (Å²) < 4.78 is 13.7. The molecule has 1 aromatic rings. The van der Waals surface area contributed by atoms with Gasteiger partial charge in [-0.05, 0) is 37.1 Å².